The van der Waals surface area contributed by atoms with Gasteiger partial charge >= 0.3 is 0 Å². The van der Waals surface area contributed by atoms with Crippen LogP contribution in [0.3, 0.4) is 0 Å². The maximum Gasteiger partial charge on any atom is 0.213 e. The SMILES string of the molecule is CN=C(NCCc1c[nH]c2cc(C)ccc12)NCc1ccc(OC(C)C)nc1.I. The van der Waals surface area contributed by atoms with Crippen LogP contribution in [-0.4, -0.2) is 35.6 Å². The molecule has 3 N–H and O–H groups in total. The van der Waals surface area contributed by atoms with Gasteiger partial charge in [-0.15, -0.1) is 24.0 Å². The summed E-state index contributed by atoms with van der Waals surface area (Å²) < 4.78 is 5.57. The Labute approximate surface area is 189 Å². The van der Waals surface area contributed by atoms with E-state index in [0.29, 0.717) is 12.4 Å². The van der Waals surface area contributed by atoms with Crippen LogP contribution in [-0.2, 0) is 13.0 Å². The molecule has 3 rings (SSSR count). The fourth-order valence-electron chi connectivity index (χ4n) is 3.06. The lowest BCUT2D eigenvalue weighted by Crippen LogP contribution is -2.37. The zero-order valence-corrected chi connectivity index (χ0v) is 19.8. The van der Waals surface area contributed by atoms with Gasteiger partial charge in [0.05, 0.1) is 6.10 Å². The van der Waals surface area contributed by atoms with Gasteiger partial charge < -0.3 is 20.4 Å². The second-order valence-corrected chi connectivity index (χ2v) is 7.14. The zero-order valence-electron chi connectivity index (χ0n) is 17.5. The minimum Gasteiger partial charge on any atom is -0.475 e. The van der Waals surface area contributed by atoms with Gasteiger partial charge in [-0.1, -0.05) is 18.2 Å². The number of nitrogens with one attached hydrogen (secondary N) is 3. The Morgan fingerprint density at radius 1 is 1.21 bits per heavy atom. The van der Waals surface area contributed by atoms with E-state index in [9.17, 15) is 0 Å². The van der Waals surface area contributed by atoms with Gasteiger partial charge in [0.25, 0.3) is 0 Å². The number of hydrogen-bond donors (Lipinski definition) is 3. The van der Waals surface area contributed by atoms with Crippen molar-refractivity contribution in [1.82, 2.24) is 20.6 Å². The topological polar surface area (TPSA) is 74.3 Å². The van der Waals surface area contributed by atoms with Gasteiger partial charge in [-0.05, 0) is 49.9 Å². The Hall–Kier alpha value is -2.29. The quantitative estimate of drug-likeness (QED) is 0.255. The number of ether oxygens (including phenoxy) is 1. The second-order valence-electron chi connectivity index (χ2n) is 7.14. The van der Waals surface area contributed by atoms with E-state index in [0.717, 1.165) is 24.5 Å². The number of halogens is 1. The van der Waals surface area contributed by atoms with Crippen LogP contribution in [0.25, 0.3) is 10.9 Å². The van der Waals surface area contributed by atoms with Gasteiger partial charge in [-0.2, -0.15) is 0 Å². The number of H-pyrrole nitrogens is 1. The summed E-state index contributed by atoms with van der Waals surface area (Å²) in [5.41, 5.74) is 4.84. The Balaban J connectivity index is 0.00000300. The maximum absolute atomic E-state index is 5.57. The average molecular weight is 507 g/mol. The summed E-state index contributed by atoms with van der Waals surface area (Å²) in [7, 11) is 1.78. The van der Waals surface area contributed by atoms with Crippen LogP contribution in [0, 0.1) is 6.92 Å². The smallest absolute Gasteiger partial charge is 0.213 e. The van der Waals surface area contributed by atoms with Crippen LogP contribution in [0.4, 0.5) is 0 Å². The van der Waals surface area contributed by atoms with Crippen molar-refractivity contribution in [3.05, 3.63) is 59.4 Å². The molecule has 0 fully saturated rings. The standard InChI is InChI=1S/C22H29N5O.HI/c1-15(2)28-21-8-6-17(12-26-21)13-27-22(23-4)24-10-9-18-14-25-20-11-16(3)5-7-19(18)20;/h5-8,11-12,14-15,25H,9-10,13H2,1-4H3,(H2,23,24,27);1H. The van der Waals surface area contributed by atoms with Crippen LogP contribution < -0.4 is 15.4 Å². The molecular formula is C22H30IN5O. The number of aromatic nitrogens is 2. The molecule has 6 nitrogen and oxygen atoms in total. The fourth-order valence-corrected chi connectivity index (χ4v) is 3.06. The molecule has 1 aromatic carbocycles. The molecule has 29 heavy (non-hydrogen) atoms. The first-order valence-corrected chi connectivity index (χ1v) is 9.68. The first-order chi connectivity index (χ1) is 13.5. The Kier molecular flexibility index (Phi) is 8.75. The molecule has 3 aromatic rings. The van der Waals surface area contributed by atoms with Crippen LogP contribution in [0.15, 0.2) is 47.7 Å². The average Bonchev–Trinajstić information content (AvgIpc) is 3.07. The van der Waals surface area contributed by atoms with Crippen molar-refractivity contribution >= 4 is 40.8 Å². The number of pyridine rings is 1. The number of benzene rings is 1. The number of rotatable bonds is 7. The first kappa shape index (κ1) is 23.0. The van der Waals surface area contributed by atoms with Crippen molar-refractivity contribution in [3.8, 4) is 5.88 Å². The van der Waals surface area contributed by atoms with E-state index in [2.05, 4.69) is 56.9 Å². The molecule has 0 aliphatic rings. The summed E-state index contributed by atoms with van der Waals surface area (Å²) in [6.07, 6.45) is 4.97. The van der Waals surface area contributed by atoms with Crippen LogP contribution in [0.5, 0.6) is 5.88 Å². The third kappa shape index (κ3) is 6.62. The first-order valence-electron chi connectivity index (χ1n) is 9.68. The second kappa shape index (κ2) is 11.0. The molecule has 0 amide bonds. The van der Waals surface area contributed by atoms with E-state index < -0.39 is 0 Å². The molecule has 0 spiro atoms. The third-order valence-electron chi connectivity index (χ3n) is 4.45. The third-order valence-corrected chi connectivity index (χ3v) is 4.45. The van der Waals surface area contributed by atoms with E-state index in [-0.39, 0.29) is 30.1 Å². The van der Waals surface area contributed by atoms with Gasteiger partial charge in [0.15, 0.2) is 5.96 Å². The van der Waals surface area contributed by atoms with Crippen LogP contribution in [0.1, 0.15) is 30.5 Å². The monoisotopic (exact) mass is 507 g/mol. The van der Waals surface area contributed by atoms with Crippen LogP contribution >= 0.6 is 24.0 Å². The predicted molar refractivity (Wildman–Crippen MR) is 130 cm³/mol. The number of guanidine groups is 1. The summed E-state index contributed by atoms with van der Waals surface area (Å²) in [4.78, 5) is 12.0. The summed E-state index contributed by atoms with van der Waals surface area (Å²) in [6.45, 7) is 7.55. The maximum atomic E-state index is 5.57. The molecule has 0 atom stereocenters. The lowest BCUT2D eigenvalue weighted by Gasteiger charge is -2.12. The Bertz CT molecular complexity index is 934. The Morgan fingerprint density at radius 3 is 2.72 bits per heavy atom. The minimum absolute atomic E-state index is 0. The normalized spacial score (nSPS) is 11.4. The van der Waals surface area contributed by atoms with E-state index in [1.165, 1.54) is 22.0 Å². The molecule has 0 radical (unpaired) electrons. The van der Waals surface area contributed by atoms with E-state index in [1.54, 1.807) is 7.05 Å². The highest BCUT2D eigenvalue weighted by Gasteiger charge is 2.05. The molecule has 0 aliphatic carbocycles. The fraction of sp³-hybridized carbons (Fsp3) is 0.364. The van der Waals surface area contributed by atoms with E-state index in [4.69, 9.17) is 4.74 Å². The highest BCUT2D eigenvalue weighted by atomic mass is 127. The molecule has 156 valence electrons. The number of nitrogens with zero attached hydrogens (tertiary/aromatic N) is 2. The van der Waals surface area contributed by atoms with Gasteiger partial charge in [-0.25, -0.2) is 4.98 Å². The van der Waals surface area contributed by atoms with Gasteiger partial charge in [0.1, 0.15) is 0 Å². The number of aromatic amines is 1. The largest absolute Gasteiger partial charge is 0.475 e. The molecule has 0 aliphatic heterocycles. The summed E-state index contributed by atoms with van der Waals surface area (Å²) in [5.74, 6) is 1.42. The summed E-state index contributed by atoms with van der Waals surface area (Å²) in [6, 6.07) is 10.4. The zero-order chi connectivity index (χ0) is 19.9. The van der Waals surface area contributed by atoms with E-state index in [1.807, 2.05) is 32.2 Å². The highest BCUT2D eigenvalue weighted by molar-refractivity contribution is 14.0. The summed E-state index contributed by atoms with van der Waals surface area (Å²) in [5, 5.41) is 7.97. The summed E-state index contributed by atoms with van der Waals surface area (Å²) >= 11 is 0. The lowest BCUT2D eigenvalue weighted by molar-refractivity contribution is 0.232. The highest BCUT2D eigenvalue weighted by Crippen LogP contribution is 2.19. The lowest BCUT2D eigenvalue weighted by atomic mass is 10.1. The molecule has 0 unspecified atom stereocenters. The molecule has 0 saturated carbocycles. The number of aryl methyl sites for hydroxylation is 1. The minimum atomic E-state index is 0. The van der Waals surface area contributed by atoms with Crippen molar-refractivity contribution in [2.45, 2.75) is 39.8 Å². The predicted octanol–water partition coefficient (Wildman–Crippen LogP) is 4.18. The van der Waals surface area contributed by atoms with E-state index >= 15 is 0 Å². The molecule has 2 aromatic heterocycles. The number of hydrogen-bond acceptors (Lipinski definition) is 3. The number of aliphatic imine (C=N–C) groups is 1. The van der Waals surface area contributed by atoms with Gasteiger partial charge in [0.2, 0.25) is 5.88 Å². The van der Waals surface area contributed by atoms with Crippen molar-refractivity contribution in [1.29, 1.82) is 0 Å². The number of fused-ring (bicyclic) bond motifs is 1. The molecule has 0 bridgehead atoms. The van der Waals surface area contributed by atoms with Crippen molar-refractivity contribution in [2.24, 2.45) is 4.99 Å². The Morgan fingerprint density at radius 2 is 2.03 bits per heavy atom. The van der Waals surface area contributed by atoms with Crippen molar-refractivity contribution in [2.75, 3.05) is 13.6 Å². The molecule has 2 heterocycles. The molecule has 0 saturated heterocycles. The molecular weight excluding hydrogens is 477 g/mol. The van der Waals surface area contributed by atoms with Crippen LogP contribution in [0.2, 0.25) is 0 Å². The van der Waals surface area contributed by atoms with Crippen molar-refractivity contribution in [3.63, 3.8) is 0 Å². The molecule has 7 heteroatoms. The van der Waals surface area contributed by atoms with Gasteiger partial charge in [0, 0.05) is 49.5 Å². The van der Waals surface area contributed by atoms with Gasteiger partial charge in [-0.3, -0.25) is 4.99 Å². The van der Waals surface area contributed by atoms with Crippen molar-refractivity contribution < 1.29 is 4.74 Å².